The molecule has 1 aliphatic rings. The Bertz CT molecular complexity index is 1450. The fraction of sp³-hybridized carbons (Fsp3) is 0.240. The van der Waals surface area contributed by atoms with Crippen LogP contribution in [0.5, 0.6) is 11.5 Å². The highest BCUT2D eigenvalue weighted by molar-refractivity contribution is 6.32. The lowest BCUT2D eigenvalue weighted by molar-refractivity contribution is 0.0741. The van der Waals surface area contributed by atoms with Gasteiger partial charge < -0.3 is 24.3 Å². The van der Waals surface area contributed by atoms with Crippen molar-refractivity contribution in [3.05, 3.63) is 65.2 Å². The van der Waals surface area contributed by atoms with Crippen molar-refractivity contribution in [1.82, 2.24) is 19.9 Å². The largest absolute Gasteiger partial charge is 0.496 e. The number of halogens is 3. The Morgan fingerprint density at radius 1 is 1.03 bits per heavy atom. The summed E-state index contributed by atoms with van der Waals surface area (Å²) in [4.78, 5) is 28.2. The number of amides is 1. The predicted molar refractivity (Wildman–Crippen MR) is 132 cm³/mol. The third-order valence-corrected chi connectivity index (χ3v) is 6.49. The zero-order valence-corrected chi connectivity index (χ0v) is 20.3. The van der Waals surface area contributed by atoms with Gasteiger partial charge in [-0.2, -0.15) is 0 Å². The monoisotopic (exact) mass is 513 g/mol. The van der Waals surface area contributed by atoms with Gasteiger partial charge in [-0.25, -0.2) is 13.8 Å². The first kappa shape index (κ1) is 23.8. The van der Waals surface area contributed by atoms with Gasteiger partial charge in [0.2, 0.25) is 0 Å². The van der Waals surface area contributed by atoms with E-state index in [-0.39, 0.29) is 22.1 Å². The summed E-state index contributed by atoms with van der Waals surface area (Å²) in [5.41, 5.74) is 1.59. The van der Waals surface area contributed by atoms with E-state index in [0.29, 0.717) is 60.0 Å². The van der Waals surface area contributed by atoms with Gasteiger partial charge >= 0.3 is 0 Å². The number of ether oxygens (including phenoxy) is 2. The minimum absolute atomic E-state index is 0.0846. The Morgan fingerprint density at radius 3 is 2.50 bits per heavy atom. The number of aromatic nitrogens is 3. The van der Waals surface area contributed by atoms with Crippen molar-refractivity contribution in [2.24, 2.45) is 0 Å². The van der Waals surface area contributed by atoms with Crippen molar-refractivity contribution in [2.45, 2.75) is 0 Å². The van der Waals surface area contributed by atoms with E-state index >= 15 is 0 Å². The van der Waals surface area contributed by atoms with E-state index in [0.717, 1.165) is 6.20 Å². The van der Waals surface area contributed by atoms with Gasteiger partial charge in [0.1, 0.15) is 17.3 Å². The van der Waals surface area contributed by atoms with Gasteiger partial charge in [0.15, 0.2) is 17.4 Å². The van der Waals surface area contributed by atoms with Crippen molar-refractivity contribution in [3.63, 3.8) is 0 Å². The summed E-state index contributed by atoms with van der Waals surface area (Å²) in [6.07, 6.45) is 4.33. The molecule has 4 heterocycles. The fourth-order valence-electron chi connectivity index (χ4n) is 4.42. The maximum absolute atomic E-state index is 14.9. The molecule has 0 spiro atoms. The Labute approximate surface area is 210 Å². The lowest BCUT2D eigenvalue weighted by Gasteiger charge is -2.35. The first-order valence-electron chi connectivity index (χ1n) is 11.1. The molecule has 1 fully saturated rings. The number of benzene rings is 1. The standard InChI is InChI=1S/C25H22ClF2N5O3/c1-35-20-3-4-29-13-17(20)15-10-18(26)22(28)23-16(15)11-19(31-23)25(34)33-7-5-32(6-8-33)24-21(36-2)9-14(27)12-30-24/h3-4,9-13,31H,5-8H2,1-2H3. The molecule has 1 N–H and O–H groups in total. The summed E-state index contributed by atoms with van der Waals surface area (Å²) in [5.74, 6) is -0.0107. The number of nitrogens with one attached hydrogen (secondary N) is 1. The van der Waals surface area contributed by atoms with Crippen molar-refractivity contribution in [3.8, 4) is 22.6 Å². The minimum atomic E-state index is -0.642. The molecule has 1 amide bonds. The summed E-state index contributed by atoms with van der Waals surface area (Å²) < 4.78 is 39.1. The first-order chi connectivity index (χ1) is 17.4. The Kier molecular flexibility index (Phi) is 6.36. The van der Waals surface area contributed by atoms with Crippen LogP contribution in [0.2, 0.25) is 5.02 Å². The van der Waals surface area contributed by atoms with Gasteiger partial charge in [-0.05, 0) is 23.8 Å². The number of pyridine rings is 2. The van der Waals surface area contributed by atoms with E-state index < -0.39 is 11.6 Å². The smallest absolute Gasteiger partial charge is 0.270 e. The summed E-state index contributed by atoms with van der Waals surface area (Å²) in [6, 6.07) is 6.10. The van der Waals surface area contributed by atoms with Crippen molar-refractivity contribution < 1.29 is 23.0 Å². The van der Waals surface area contributed by atoms with E-state index in [1.54, 1.807) is 29.4 Å². The van der Waals surface area contributed by atoms with Crippen LogP contribution >= 0.6 is 11.6 Å². The normalized spacial score (nSPS) is 13.8. The minimum Gasteiger partial charge on any atom is -0.496 e. The predicted octanol–water partition coefficient (Wildman–Crippen LogP) is 4.54. The lowest BCUT2D eigenvalue weighted by Crippen LogP contribution is -2.49. The van der Waals surface area contributed by atoms with E-state index in [9.17, 15) is 13.6 Å². The maximum atomic E-state index is 14.9. The number of piperazine rings is 1. The molecule has 3 aromatic heterocycles. The average Bonchev–Trinajstić information content (AvgIpc) is 3.36. The molecule has 1 aromatic carbocycles. The second-order valence-electron chi connectivity index (χ2n) is 8.23. The van der Waals surface area contributed by atoms with Crippen LogP contribution < -0.4 is 14.4 Å². The van der Waals surface area contributed by atoms with Crippen LogP contribution in [0.25, 0.3) is 22.0 Å². The van der Waals surface area contributed by atoms with Gasteiger partial charge in [-0.15, -0.1) is 0 Å². The number of carbonyl (C=O) groups is 1. The van der Waals surface area contributed by atoms with Crippen molar-refractivity contribution >= 4 is 34.2 Å². The highest BCUT2D eigenvalue weighted by atomic mass is 35.5. The topological polar surface area (TPSA) is 83.6 Å². The molecule has 4 aromatic rings. The number of methoxy groups -OCH3 is 2. The highest BCUT2D eigenvalue weighted by Crippen LogP contribution is 2.39. The Balaban J connectivity index is 1.43. The van der Waals surface area contributed by atoms with Gasteiger partial charge in [-0.3, -0.25) is 9.78 Å². The molecular weight excluding hydrogens is 492 g/mol. The summed E-state index contributed by atoms with van der Waals surface area (Å²) in [5, 5.41) is 0.407. The third-order valence-electron chi connectivity index (χ3n) is 6.22. The quantitative estimate of drug-likeness (QED) is 0.422. The fourth-order valence-corrected chi connectivity index (χ4v) is 4.62. The van der Waals surface area contributed by atoms with Crippen LogP contribution in [0.15, 0.2) is 42.9 Å². The number of H-pyrrole nitrogens is 1. The van der Waals surface area contributed by atoms with Crippen molar-refractivity contribution in [2.75, 3.05) is 45.3 Å². The molecule has 0 radical (unpaired) electrons. The van der Waals surface area contributed by atoms with Gasteiger partial charge in [0.25, 0.3) is 5.91 Å². The SMILES string of the molecule is COc1ccncc1-c1cc(Cl)c(F)c2[nH]c(C(=O)N3CCN(c4ncc(F)cc4OC)CC3)cc12. The molecule has 0 atom stereocenters. The molecule has 0 aliphatic carbocycles. The summed E-state index contributed by atoms with van der Waals surface area (Å²) in [6.45, 7) is 1.73. The first-order valence-corrected chi connectivity index (χ1v) is 11.5. The number of hydrogen-bond acceptors (Lipinski definition) is 6. The van der Waals surface area contributed by atoms with Crippen LogP contribution in [0, 0.1) is 11.6 Å². The highest BCUT2D eigenvalue weighted by Gasteiger charge is 2.27. The molecule has 11 heteroatoms. The van der Waals surface area contributed by atoms with Crippen LogP contribution in [-0.2, 0) is 0 Å². The number of aromatic amines is 1. The van der Waals surface area contributed by atoms with Crippen LogP contribution in [0.4, 0.5) is 14.6 Å². The molecule has 186 valence electrons. The van der Waals surface area contributed by atoms with Gasteiger partial charge in [-0.1, -0.05) is 11.6 Å². The Hall–Kier alpha value is -3.92. The van der Waals surface area contributed by atoms with E-state index in [2.05, 4.69) is 15.0 Å². The zero-order chi connectivity index (χ0) is 25.4. The molecular formula is C25H22ClF2N5O3. The second-order valence-corrected chi connectivity index (χ2v) is 8.63. The van der Waals surface area contributed by atoms with Gasteiger partial charge in [0, 0.05) is 55.6 Å². The van der Waals surface area contributed by atoms with Gasteiger partial charge in [0.05, 0.1) is 31.0 Å². The van der Waals surface area contributed by atoms with E-state index in [4.69, 9.17) is 21.1 Å². The van der Waals surface area contributed by atoms with Crippen molar-refractivity contribution in [1.29, 1.82) is 0 Å². The molecule has 0 saturated carbocycles. The third kappa shape index (κ3) is 4.17. The summed E-state index contributed by atoms with van der Waals surface area (Å²) >= 11 is 6.19. The molecule has 0 bridgehead atoms. The number of rotatable bonds is 5. The second kappa shape index (κ2) is 9.62. The Morgan fingerprint density at radius 2 is 1.78 bits per heavy atom. The molecule has 36 heavy (non-hydrogen) atoms. The number of nitrogens with zero attached hydrogens (tertiary/aromatic N) is 4. The summed E-state index contributed by atoms with van der Waals surface area (Å²) in [7, 11) is 2.99. The zero-order valence-electron chi connectivity index (χ0n) is 19.5. The number of anilines is 1. The van der Waals surface area contributed by atoms with E-state index in [1.807, 2.05) is 4.90 Å². The molecule has 1 aliphatic heterocycles. The lowest BCUT2D eigenvalue weighted by atomic mass is 10.0. The average molecular weight is 514 g/mol. The van der Waals surface area contributed by atoms with E-state index in [1.165, 1.54) is 26.4 Å². The van der Waals surface area contributed by atoms with Crippen LogP contribution in [0.3, 0.4) is 0 Å². The molecule has 8 nitrogen and oxygen atoms in total. The van der Waals surface area contributed by atoms with Crippen LogP contribution in [0.1, 0.15) is 10.5 Å². The number of carbonyl (C=O) groups excluding carboxylic acids is 1. The maximum Gasteiger partial charge on any atom is 0.270 e. The number of hydrogen-bond donors (Lipinski definition) is 1. The molecule has 0 unspecified atom stereocenters. The number of fused-ring (bicyclic) bond motifs is 1. The molecule has 5 rings (SSSR count). The van der Waals surface area contributed by atoms with Crippen LogP contribution in [-0.4, -0.2) is 66.2 Å². The molecule has 1 saturated heterocycles.